The van der Waals surface area contributed by atoms with Crippen molar-refractivity contribution in [2.45, 2.75) is 30.9 Å². The molecule has 1 saturated carbocycles. The van der Waals surface area contributed by atoms with E-state index in [0.717, 1.165) is 0 Å². The Balaban J connectivity index is 1.72. The molecule has 1 aliphatic carbocycles. The van der Waals surface area contributed by atoms with Gasteiger partial charge in [-0.2, -0.15) is 0 Å². The number of carbonyl (C=O) groups is 1. The van der Waals surface area contributed by atoms with Gasteiger partial charge in [-0.1, -0.05) is 25.1 Å². The highest BCUT2D eigenvalue weighted by atomic mass is 35.5. The third-order valence-electron chi connectivity index (χ3n) is 4.25. The van der Waals surface area contributed by atoms with Crippen LogP contribution in [0, 0.1) is 5.41 Å². The molecule has 1 unspecified atom stereocenters. The molecule has 1 saturated heterocycles. The lowest BCUT2D eigenvalue weighted by Crippen LogP contribution is -2.33. The predicted octanol–water partition coefficient (Wildman–Crippen LogP) is 2.63. The molecule has 1 aliphatic heterocycles. The van der Waals surface area contributed by atoms with Crippen molar-refractivity contribution in [3.63, 3.8) is 0 Å². The number of hydrogen-bond acceptors (Lipinski definition) is 3. The lowest BCUT2D eigenvalue weighted by Gasteiger charge is -2.24. The van der Waals surface area contributed by atoms with Gasteiger partial charge in [0.25, 0.3) is 0 Å². The first-order valence-electron chi connectivity index (χ1n) is 6.03. The lowest BCUT2D eigenvalue weighted by atomic mass is 9.93. The fourth-order valence-electron chi connectivity index (χ4n) is 2.63. The molecule has 0 spiro atoms. The molecule has 2 fully saturated rings. The first-order chi connectivity index (χ1) is 8.47. The minimum atomic E-state index is -0.459. The summed E-state index contributed by atoms with van der Waals surface area (Å²) in [5, 5.41) is 0. The van der Waals surface area contributed by atoms with E-state index in [1.54, 1.807) is 12.1 Å². The fraction of sp³-hybridized carbons (Fsp3) is 0.500. The Morgan fingerprint density at radius 1 is 1.39 bits per heavy atom. The van der Waals surface area contributed by atoms with Gasteiger partial charge in [-0.15, -0.1) is 11.6 Å². The summed E-state index contributed by atoms with van der Waals surface area (Å²) in [6, 6.07) is 8.97. The Bertz CT molecular complexity index is 485. The van der Waals surface area contributed by atoms with Gasteiger partial charge < -0.3 is 9.47 Å². The van der Waals surface area contributed by atoms with Crippen LogP contribution in [0.5, 0.6) is 0 Å². The summed E-state index contributed by atoms with van der Waals surface area (Å²) in [6.07, 6.45) is -0.297. The number of ether oxygens (including phenoxy) is 2. The van der Waals surface area contributed by atoms with Crippen LogP contribution in [0.25, 0.3) is 0 Å². The van der Waals surface area contributed by atoms with Crippen LogP contribution in [-0.2, 0) is 9.47 Å². The molecule has 1 aromatic carbocycles. The molecular weight excluding hydrogens is 252 g/mol. The Labute approximate surface area is 111 Å². The zero-order valence-corrected chi connectivity index (χ0v) is 11.1. The molecule has 0 amide bonds. The summed E-state index contributed by atoms with van der Waals surface area (Å²) >= 11 is 6.41. The first-order valence-corrected chi connectivity index (χ1v) is 6.41. The molecule has 3 nitrogen and oxygen atoms in total. The minimum absolute atomic E-state index is 0.0623. The number of rotatable bonds is 2. The van der Waals surface area contributed by atoms with Gasteiger partial charge in [-0.05, 0) is 19.1 Å². The molecule has 0 N–H and O–H groups in total. The highest BCUT2D eigenvalue weighted by molar-refractivity contribution is 6.25. The second kappa shape index (κ2) is 3.72. The molecule has 96 valence electrons. The fourth-order valence-corrected chi connectivity index (χ4v) is 2.91. The van der Waals surface area contributed by atoms with Crippen LogP contribution >= 0.6 is 11.6 Å². The van der Waals surface area contributed by atoms with E-state index < -0.39 is 4.87 Å². The van der Waals surface area contributed by atoms with Crippen LogP contribution in [0.15, 0.2) is 30.3 Å². The van der Waals surface area contributed by atoms with E-state index in [-0.39, 0.29) is 23.6 Å². The Hall–Kier alpha value is -1.06. The average molecular weight is 267 g/mol. The highest BCUT2D eigenvalue weighted by Gasteiger charge is 2.77. The Morgan fingerprint density at radius 2 is 2.06 bits per heavy atom. The second-order valence-corrected chi connectivity index (χ2v) is 6.24. The van der Waals surface area contributed by atoms with Crippen LogP contribution in [-0.4, -0.2) is 29.7 Å². The quantitative estimate of drug-likeness (QED) is 0.610. The van der Waals surface area contributed by atoms with Crippen molar-refractivity contribution in [1.29, 1.82) is 0 Å². The molecule has 0 radical (unpaired) electrons. The molecule has 18 heavy (non-hydrogen) atoms. The third-order valence-corrected chi connectivity index (χ3v) is 4.76. The van der Waals surface area contributed by atoms with E-state index >= 15 is 0 Å². The molecule has 2 aliphatic rings. The van der Waals surface area contributed by atoms with Crippen molar-refractivity contribution in [2.24, 2.45) is 5.41 Å². The second-order valence-electron chi connectivity index (χ2n) is 5.40. The molecular formula is C14H15ClO3. The first kappa shape index (κ1) is 12.0. The van der Waals surface area contributed by atoms with Gasteiger partial charge in [-0.3, -0.25) is 0 Å². The maximum atomic E-state index is 12.0. The summed E-state index contributed by atoms with van der Waals surface area (Å²) < 4.78 is 11.1. The van der Waals surface area contributed by atoms with E-state index in [0.29, 0.717) is 12.2 Å². The minimum Gasteiger partial charge on any atom is -0.455 e. The summed E-state index contributed by atoms with van der Waals surface area (Å²) in [5.41, 5.74) is 0.293. The van der Waals surface area contributed by atoms with Gasteiger partial charge in [0, 0.05) is 0 Å². The van der Waals surface area contributed by atoms with Crippen molar-refractivity contribution in [3.8, 4) is 0 Å². The smallest absolute Gasteiger partial charge is 0.338 e. The van der Waals surface area contributed by atoms with E-state index in [1.807, 2.05) is 32.0 Å². The largest absolute Gasteiger partial charge is 0.455 e. The van der Waals surface area contributed by atoms with Crippen LogP contribution < -0.4 is 0 Å². The SMILES string of the molecule is C[C@]12C(OC(=O)c3ccccc3)[C@H]1OC[C@@]2(C)Cl. The maximum absolute atomic E-state index is 12.0. The van der Waals surface area contributed by atoms with Crippen molar-refractivity contribution in [3.05, 3.63) is 35.9 Å². The summed E-state index contributed by atoms with van der Waals surface area (Å²) in [6.45, 7) is 4.46. The zero-order chi connectivity index (χ0) is 13.0. The van der Waals surface area contributed by atoms with Crippen molar-refractivity contribution in [2.75, 3.05) is 6.61 Å². The van der Waals surface area contributed by atoms with Crippen molar-refractivity contribution >= 4 is 17.6 Å². The zero-order valence-electron chi connectivity index (χ0n) is 10.4. The lowest BCUT2D eigenvalue weighted by molar-refractivity contribution is 0.0205. The molecule has 4 heteroatoms. The standard InChI is InChI=1S/C14H15ClO3/c1-13(15)8-17-10-11(14(10,13)2)18-12(16)9-6-4-3-5-7-9/h3-7,10-11H,8H2,1-2H3/t10-,11?,13-,14-/m1/s1. The summed E-state index contributed by atoms with van der Waals surface area (Å²) in [5.74, 6) is -0.313. The van der Waals surface area contributed by atoms with E-state index in [1.165, 1.54) is 0 Å². The number of hydrogen-bond donors (Lipinski definition) is 0. The van der Waals surface area contributed by atoms with Gasteiger partial charge in [0.05, 0.1) is 22.5 Å². The maximum Gasteiger partial charge on any atom is 0.338 e. The van der Waals surface area contributed by atoms with Gasteiger partial charge in [-0.25, -0.2) is 4.79 Å². The Kier molecular flexibility index (Phi) is 2.48. The van der Waals surface area contributed by atoms with E-state index in [9.17, 15) is 4.79 Å². The predicted molar refractivity (Wildman–Crippen MR) is 67.8 cm³/mol. The molecule has 1 heterocycles. The van der Waals surface area contributed by atoms with Crippen molar-refractivity contribution in [1.82, 2.24) is 0 Å². The number of benzene rings is 1. The molecule has 1 aromatic rings. The van der Waals surface area contributed by atoms with E-state index in [2.05, 4.69) is 0 Å². The topological polar surface area (TPSA) is 35.5 Å². The van der Waals surface area contributed by atoms with Gasteiger partial charge in [0.15, 0.2) is 0 Å². The normalized spacial score (nSPS) is 41.3. The van der Waals surface area contributed by atoms with Crippen LogP contribution in [0.4, 0.5) is 0 Å². The van der Waals surface area contributed by atoms with Gasteiger partial charge in [0.1, 0.15) is 12.2 Å². The number of alkyl halides is 1. The van der Waals surface area contributed by atoms with Crippen LogP contribution in [0.2, 0.25) is 0 Å². The summed E-state index contributed by atoms with van der Waals surface area (Å²) in [4.78, 5) is 11.5. The van der Waals surface area contributed by atoms with Gasteiger partial charge >= 0.3 is 5.97 Å². The number of carbonyl (C=O) groups excluding carboxylic acids is 1. The molecule has 0 aromatic heterocycles. The third kappa shape index (κ3) is 1.50. The van der Waals surface area contributed by atoms with Crippen LogP contribution in [0.3, 0.4) is 0 Å². The van der Waals surface area contributed by atoms with Gasteiger partial charge in [0.2, 0.25) is 0 Å². The average Bonchev–Trinajstić information content (AvgIpc) is 2.84. The van der Waals surface area contributed by atoms with Crippen molar-refractivity contribution < 1.29 is 14.3 Å². The molecule has 3 rings (SSSR count). The monoisotopic (exact) mass is 266 g/mol. The molecule has 4 atom stereocenters. The number of fused-ring (bicyclic) bond motifs is 1. The number of halogens is 1. The highest BCUT2D eigenvalue weighted by Crippen LogP contribution is 2.64. The summed E-state index contributed by atoms with van der Waals surface area (Å²) in [7, 11) is 0. The molecule has 0 bridgehead atoms. The van der Waals surface area contributed by atoms with Crippen LogP contribution in [0.1, 0.15) is 24.2 Å². The Morgan fingerprint density at radius 3 is 2.61 bits per heavy atom. The number of esters is 1. The van der Waals surface area contributed by atoms with E-state index in [4.69, 9.17) is 21.1 Å².